The Bertz CT molecular complexity index is 521. The average molecular weight is 261 g/mol. The SMILES string of the molecule is CCc1cccc(N=C(N)c2ccccc2)c1.Cl. The zero-order valence-corrected chi connectivity index (χ0v) is 11.2. The van der Waals surface area contributed by atoms with E-state index in [2.05, 4.69) is 24.0 Å². The van der Waals surface area contributed by atoms with Gasteiger partial charge in [0.15, 0.2) is 0 Å². The van der Waals surface area contributed by atoms with Crippen LogP contribution >= 0.6 is 12.4 Å². The molecule has 0 radical (unpaired) electrons. The maximum atomic E-state index is 5.97. The van der Waals surface area contributed by atoms with Gasteiger partial charge in [0, 0.05) is 5.56 Å². The molecule has 2 rings (SSSR count). The van der Waals surface area contributed by atoms with Crippen molar-refractivity contribution < 1.29 is 0 Å². The lowest BCUT2D eigenvalue weighted by Gasteiger charge is -2.02. The Morgan fingerprint density at radius 1 is 1.06 bits per heavy atom. The molecule has 0 aromatic heterocycles. The van der Waals surface area contributed by atoms with Gasteiger partial charge in [0.25, 0.3) is 0 Å². The van der Waals surface area contributed by atoms with Gasteiger partial charge in [-0.2, -0.15) is 0 Å². The van der Waals surface area contributed by atoms with E-state index in [4.69, 9.17) is 5.73 Å². The predicted octanol–water partition coefficient (Wildman–Crippen LogP) is 3.71. The Labute approximate surface area is 114 Å². The molecule has 0 fully saturated rings. The highest BCUT2D eigenvalue weighted by atomic mass is 35.5. The third kappa shape index (κ3) is 3.60. The molecule has 0 heterocycles. The lowest BCUT2D eigenvalue weighted by molar-refractivity contribution is 1.14. The number of benzene rings is 2. The van der Waals surface area contributed by atoms with E-state index in [1.165, 1.54) is 5.56 Å². The number of halogens is 1. The van der Waals surface area contributed by atoms with Crippen molar-refractivity contribution in [1.29, 1.82) is 0 Å². The van der Waals surface area contributed by atoms with Gasteiger partial charge in [-0.05, 0) is 24.1 Å². The number of aryl methyl sites for hydroxylation is 1. The van der Waals surface area contributed by atoms with Gasteiger partial charge in [-0.25, -0.2) is 4.99 Å². The van der Waals surface area contributed by atoms with Crippen LogP contribution in [0.2, 0.25) is 0 Å². The van der Waals surface area contributed by atoms with E-state index in [-0.39, 0.29) is 12.4 Å². The largest absolute Gasteiger partial charge is 0.383 e. The normalized spacial score (nSPS) is 10.8. The van der Waals surface area contributed by atoms with Crippen molar-refractivity contribution >= 4 is 23.9 Å². The van der Waals surface area contributed by atoms with Crippen LogP contribution in [0.25, 0.3) is 0 Å². The third-order valence-electron chi connectivity index (χ3n) is 2.64. The second-order valence-corrected chi connectivity index (χ2v) is 3.89. The smallest absolute Gasteiger partial charge is 0.131 e. The van der Waals surface area contributed by atoms with E-state index >= 15 is 0 Å². The Morgan fingerprint density at radius 2 is 1.78 bits per heavy atom. The third-order valence-corrected chi connectivity index (χ3v) is 2.64. The first-order valence-electron chi connectivity index (χ1n) is 5.78. The molecule has 0 unspecified atom stereocenters. The van der Waals surface area contributed by atoms with Crippen molar-refractivity contribution in [2.45, 2.75) is 13.3 Å². The molecule has 0 amide bonds. The summed E-state index contributed by atoms with van der Waals surface area (Å²) >= 11 is 0. The lowest BCUT2D eigenvalue weighted by atomic mass is 10.1. The number of nitrogens with zero attached hydrogens (tertiary/aromatic N) is 1. The lowest BCUT2D eigenvalue weighted by Crippen LogP contribution is -2.12. The van der Waals surface area contributed by atoms with Crippen molar-refractivity contribution in [3.63, 3.8) is 0 Å². The van der Waals surface area contributed by atoms with E-state index in [1.807, 2.05) is 42.5 Å². The first kappa shape index (κ1) is 14.3. The molecule has 0 aliphatic heterocycles. The maximum absolute atomic E-state index is 5.97. The van der Waals surface area contributed by atoms with Crippen LogP contribution in [0.15, 0.2) is 59.6 Å². The van der Waals surface area contributed by atoms with Crippen LogP contribution in [0.1, 0.15) is 18.1 Å². The minimum atomic E-state index is 0. The zero-order chi connectivity index (χ0) is 12.1. The number of aliphatic imine (C=N–C) groups is 1. The molecule has 3 heteroatoms. The highest BCUT2D eigenvalue weighted by Gasteiger charge is 1.98. The highest BCUT2D eigenvalue weighted by Crippen LogP contribution is 2.15. The minimum Gasteiger partial charge on any atom is -0.383 e. The zero-order valence-electron chi connectivity index (χ0n) is 10.3. The van der Waals surface area contributed by atoms with Gasteiger partial charge in [-0.15, -0.1) is 12.4 Å². The molecule has 0 saturated heterocycles. The van der Waals surface area contributed by atoms with Gasteiger partial charge in [-0.3, -0.25) is 0 Å². The van der Waals surface area contributed by atoms with Crippen LogP contribution in [0, 0.1) is 0 Å². The van der Waals surface area contributed by atoms with Crippen LogP contribution in [0.5, 0.6) is 0 Å². The fourth-order valence-corrected chi connectivity index (χ4v) is 1.66. The number of hydrogen-bond acceptors (Lipinski definition) is 1. The van der Waals surface area contributed by atoms with Gasteiger partial charge < -0.3 is 5.73 Å². The summed E-state index contributed by atoms with van der Waals surface area (Å²) in [6, 6.07) is 17.9. The molecule has 0 bridgehead atoms. The summed E-state index contributed by atoms with van der Waals surface area (Å²) in [5.41, 5.74) is 9.10. The molecule has 94 valence electrons. The molecule has 2 aromatic carbocycles. The Kier molecular flexibility index (Phi) is 5.40. The molecule has 0 aliphatic carbocycles. The van der Waals surface area contributed by atoms with Crippen LogP contribution < -0.4 is 5.73 Å². The first-order valence-corrected chi connectivity index (χ1v) is 5.78. The second kappa shape index (κ2) is 6.82. The summed E-state index contributed by atoms with van der Waals surface area (Å²) in [5.74, 6) is 0.554. The Balaban J connectivity index is 0.00000162. The van der Waals surface area contributed by atoms with Gasteiger partial charge in [0.05, 0.1) is 5.69 Å². The van der Waals surface area contributed by atoms with Crippen LogP contribution in [0.3, 0.4) is 0 Å². The van der Waals surface area contributed by atoms with Gasteiger partial charge >= 0.3 is 0 Å². The van der Waals surface area contributed by atoms with Crippen molar-refractivity contribution in [3.8, 4) is 0 Å². The highest BCUT2D eigenvalue weighted by molar-refractivity contribution is 5.98. The van der Waals surface area contributed by atoms with Crippen molar-refractivity contribution in [2.24, 2.45) is 10.7 Å². The maximum Gasteiger partial charge on any atom is 0.131 e. The molecule has 0 aliphatic rings. The summed E-state index contributed by atoms with van der Waals surface area (Å²) in [6.45, 7) is 2.13. The first-order chi connectivity index (χ1) is 8.29. The molecule has 2 nitrogen and oxygen atoms in total. The molecule has 2 aromatic rings. The summed E-state index contributed by atoms with van der Waals surface area (Å²) in [4.78, 5) is 4.43. The standard InChI is InChI=1S/C15H16N2.ClH/c1-2-12-7-6-10-14(11-12)17-15(16)13-8-4-3-5-9-13;/h3-11H,2H2,1H3,(H2,16,17);1H. The fraction of sp³-hybridized carbons (Fsp3) is 0.133. The van der Waals surface area contributed by atoms with Crippen LogP contribution in [-0.2, 0) is 6.42 Å². The van der Waals surface area contributed by atoms with Crippen molar-refractivity contribution in [3.05, 3.63) is 65.7 Å². The molecular weight excluding hydrogens is 244 g/mol. The van der Waals surface area contributed by atoms with E-state index in [9.17, 15) is 0 Å². The van der Waals surface area contributed by atoms with Crippen molar-refractivity contribution in [1.82, 2.24) is 0 Å². The number of rotatable bonds is 3. The predicted molar refractivity (Wildman–Crippen MR) is 79.9 cm³/mol. The molecule has 0 saturated carbocycles. The second-order valence-electron chi connectivity index (χ2n) is 3.89. The Morgan fingerprint density at radius 3 is 2.44 bits per heavy atom. The van der Waals surface area contributed by atoms with E-state index in [0.29, 0.717) is 5.84 Å². The molecular formula is C15H17ClN2. The van der Waals surface area contributed by atoms with Crippen LogP contribution in [-0.4, -0.2) is 5.84 Å². The summed E-state index contributed by atoms with van der Waals surface area (Å²) in [5, 5.41) is 0. The van der Waals surface area contributed by atoms with Crippen LogP contribution in [0.4, 0.5) is 5.69 Å². The number of amidine groups is 1. The summed E-state index contributed by atoms with van der Waals surface area (Å²) in [7, 11) is 0. The minimum absolute atomic E-state index is 0. The van der Waals surface area contributed by atoms with E-state index < -0.39 is 0 Å². The average Bonchev–Trinajstić information content (AvgIpc) is 2.40. The Hall–Kier alpha value is -1.80. The quantitative estimate of drug-likeness (QED) is 0.663. The van der Waals surface area contributed by atoms with Gasteiger partial charge in [0.2, 0.25) is 0 Å². The van der Waals surface area contributed by atoms with Gasteiger partial charge in [-0.1, -0.05) is 49.4 Å². The topological polar surface area (TPSA) is 38.4 Å². The molecule has 18 heavy (non-hydrogen) atoms. The summed E-state index contributed by atoms with van der Waals surface area (Å²) < 4.78 is 0. The van der Waals surface area contributed by atoms with Crippen molar-refractivity contribution in [2.75, 3.05) is 0 Å². The summed E-state index contributed by atoms with van der Waals surface area (Å²) in [6.07, 6.45) is 1.01. The number of hydrogen-bond donors (Lipinski definition) is 1. The van der Waals surface area contributed by atoms with E-state index in [0.717, 1.165) is 17.7 Å². The fourth-order valence-electron chi connectivity index (χ4n) is 1.66. The molecule has 2 N–H and O–H groups in total. The van der Waals surface area contributed by atoms with Gasteiger partial charge in [0.1, 0.15) is 5.84 Å². The molecule has 0 spiro atoms. The van der Waals surface area contributed by atoms with E-state index in [1.54, 1.807) is 0 Å². The monoisotopic (exact) mass is 260 g/mol. The molecule has 0 atom stereocenters. The number of nitrogens with two attached hydrogens (primary N) is 1.